The van der Waals surface area contributed by atoms with E-state index >= 15 is 0 Å². The predicted molar refractivity (Wildman–Crippen MR) is 101 cm³/mol. The molecule has 0 radical (unpaired) electrons. The van der Waals surface area contributed by atoms with Gasteiger partial charge in [0.25, 0.3) is 5.91 Å². The molecule has 0 unspecified atom stereocenters. The molecule has 2 atom stereocenters. The molecule has 1 amide bonds. The zero-order valence-electron chi connectivity index (χ0n) is 14.9. The van der Waals surface area contributed by atoms with Crippen LogP contribution in [0.25, 0.3) is 0 Å². The van der Waals surface area contributed by atoms with Gasteiger partial charge in [0.2, 0.25) is 0 Å². The maximum absolute atomic E-state index is 12.3. The van der Waals surface area contributed by atoms with Gasteiger partial charge in [0.05, 0.1) is 11.5 Å². The number of rotatable bonds is 6. The standard InChI is InChI=1S/C20H24N2O3S/c1-15-7-9-17(10-8-15)20(16-5-3-2-4-6-16)21-13-19(23)22-18-11-12-26(24,25)14-18/h2-10,18,20-21H,11-14H2,1H3,(H,22,23)/p+1/t18-,20-/m0/s1. The molecule has 0 aliphatic carbocycles. The fraction of sp³-hybridized carbons (Fsp3) is 0.350. The van der Waals surface area contributed by atoms with E-state index in [1.54, 1.807) is 0 Å². The van der Waals surface area contributed by atoms with E-state index in [0.717, 1.165) is 11.1 Å². The third kappa shape index (κ3) is 4.93. The fourth-order valence-corrected chi connectivity index (χ4v) is 4.99. The molecular weight excluding hydrogens is 348 g/mol. The highest BCUT2D eigenvalue weighted by atomic mass is 32.2. The molecule has 26 heavy (non-hydrogen) atoms. The van der Waals surface area contributed by atoms with E-state index in [4.69, 9.17) is 0 Å². The van der Waals surface area contributed by atoms with Crippen molar-refractivity contribution in [1.82, 2.24) is 5.32 Å². The Labute approximate surface area is 154 Å². The SMILES string of the molecule is Cc1ccc([C@@H]([NH2+]CC(=O)N[C@H]2CCS(=O)(=O)C2)c2ccccc2)cc1. The minimum Gasteiger partial charge on any atom is -0.347 e. The highest BCUT2D eigenvalue weighted by Gasteiger charge is 2.29. The second kappa shape index (κ2) is 8.01. The zero-order valence-corrected chi connectivity index (χ0v) is 15.7. The Kier molecular flexibility index (Phi) is 5.74. The summed E-state index contributed by atoms with van der Waals surface area (Å²) in [5.74, 6) is 0.0939. The van der Waals surface area contributed by atoms with Crippen LogP contribution in [0.3, 0.4) is 0 Å². The smallest absolute Gasteiger partial charge is 0.275 e. The summed E-state index contributed by atoms with van der Waals surface area (Å²) in [5, 5.41) is 4.85. The lowest BCUT2D eigenvalue weighted by molar-refractivity contribution is -0.676. The van der Waals surface area contributed by atoms with Crippen molar-refractivity contribution in [2.24, 2.45) is 0 Å². The molecule has 138 valence electrons. The van der Waals surface area contributed by atoms with Crippen molar-refractivity contribution in [2.45, 2.75) is 25.4 Å². The van der Waals surface area contributed by atoms with E-state index < -0.39 is 9.84 Å². The van der Waals surface area contributed by atoms with Crippen molar-refractivity contribution in [3.8, 4) is 0 Å². The van der Waals surface area contributed by atoms with Gasteiger partial charge in [-0.15, -0.1) is 0 Å². The molecule has 2 aromatic rings. The predicted octanol–water partition coefficient (Wildman–Crippen LogP) is 0.951. The second-order valence-electron chi connectivity index (χ2n) is 6.91. The summed E-state index contributed by atoms with van der Waals surface area (Å²) in [6, 6.07) is 18.2. The van der Waals surface area contributed by atoms with Crippen LogP contribution < -0.4 is 10.6 Å². The largest absolute Gasteiger partial charge is 0.347 e. The molecule has 0 spiro atoms. The molecule has 6 heteroatoms. The molecule has 0 aromatic heterocycles. The van der Waals surface area contributed by atoms with Crippen molar-refractivity contribution < 1.29 is 18.5 Å². The molecule has 1 heterocycles. The number of carbonyl (C=O) groups is 1. The average molecular weight is 373 g/mol. The summed E-state index contributed by atoms with van der Waals surface area (Å²) in [5.41, 5.74) is 3.46. The molecule has 1 saturated heterocycles. The molecular formula is C20H25N2O3S+. The molecule has 0 bridgehead atoms. The van der Waals surface area contributed by atoms with E-state index in [1.165, 1.54) is 5.56 Å². The fourth-order valence-electron chi connectivity index (χ4n) is 3.32. The minimum atomic E-state index is -2.99. The summed E-state index contributed by atoms with van der Waals surface area (Å²) in [6.07, 6.45) is 0.508. The molecule has 5 nitrogen and oxygen atoms in total. The van der Waals surface area contributed by atoms with Gasteiger partial charge in [-0.2, -0.15) is 0 Å². The maximum atomic E-state index is 12.3. The van der Waals surface area contributed by atoms with Gasteiger partial charge in [0.1, 0.15) is 6.04 Å². The Balaban J connectivity index is 1.66. The van der Waals surface area contributed by atoms with Gasteiger partial charge in [-0.05, 0) is 13.3 Å². The number of nitrogens with two attached hydrogens (primary N) is 1. The van der Waals surface area contributed by atoms with E-state index in [-0.39, 0.29) is 36.0 Å². The lowest BCUT2D eigenvalue weighted by Crippen LogP contribution is -2.88. The van der Waals surface area contributed by atoms with Crippen LogP contribution in [0.4, 0.5) is 0 Å². The summed E-state index contributed by atoms with van der Waals surface area (Å²) in [4.78, 5) is 12.3. The average Bonchev–Trinajstić information content (AvgIpc) is 2.96. The lowest BCUT2D eigenvalue weighted by Gasteiger charge is -2.17. The van der Waals surface area contributed by atoms with E-state index in [9.17, 15) is 13.2 Å². The van der Waals surface area contributed by atoms with Crippen molar-refractivity contribution in [2.75, 3.05) is 18.1 Å². The van der Waals surface area contributed by atoms with Crippen LogP contribution in [0, 0.1) is 6.92 Å². The Bertz CT molecular complexity index is 848. The van der Waals surface area contributed by atoms with Crippen molar-refractivity contribution in [1.29, 1.82) is 0 Å². The van der Waals surface area contributed by atoms with Crippen LogP contribution in [0.2, 0.25) is 0 Å². The van der Waals surface area contributed by atoms with E-state index in [1.807, 2.05) is 30.4 Å². The number of sulfone groups is 1. The lowest BCUT2D eigenvalue weighted by atomic mass is 9.98. The quantitative estimate of drug-likeness (QED) is 0.791. The number of benzene rings is 2. The number of nitrogens with one attached hydrogen (secondary N) is 1. The molecule has 3 rings (SSSR count). The van der Waals surface area contributed by atoms with Gasteiger partial charge in [-0.3, -0.25) is 4.79 Å². The van der Waals surface area contributed by atoms with Crippen LogP contribution in [-0.2, 0) is 14.6 Å². The van der Waals surface area contributed by atoms with E-state index in [2.05, 4.69) is 41.7 Å². The first kappa shape index (κ1) is 18.6. The van der Waals surface area contributed by atoms with Gasteiger partial charge in [0, 0.05) is 17.2 Å². The molecule has 1 aliphatic heterocycles. The van der Waals surface area contributed by atoms with Crippen molar-refractivity contribution >= 4 is 15.7 Å². The number of hydrogen-bond acceptors (Lipinski definition) is 3. The normalized spacial score (nSPS) is 19.8. The van der Waals surface area contributed by atoms with Crippen LogP contribution >= 0.6 is 0 Å². The molecule has 2 aromatic carbocycles. The van der Waals surface area contributed by atoms with Crippen LogP contribution in [0.5, 0.6) is 0 Å². The van der Waals surface area contributed by atoms with Crippen LogP contribution in [0.1, 0.15) is 29.2 Å². The Morgan fingerprint density at radius 2 is 1.77 bits per heavy atom. The summed E-state index contributed by atoms with van der Waals surface area (Å²) in [7, 11) is -2.99. The van der Waals surface area contributed by atoms with Gasteiger partial charge in [-0.1, -0.05) is 60.2 Å². The van der Waals surface area contributed by atoms with Crippen LogP contribution in [0.15, 0.2) is 54.6 Å². The number of aryl methyl sites for hydroxylation is 1. The number of amides is 1. The second-order valence-corrected chi connectivity index (χ2v) is 9.14. The summed E-state index contributed by atoms with van der Waals surface area (Å²) < 4.78 is 23.1. The first-order valence-electron chi connectivity index (χ1n) is 8.87. The van der Waals surface area contributed by atoms with Gasteiger partial charge < -0.3 is 10.6 Å². The van der Waals surface area contributed by atoms with Gasteiger partial charge >= 0.3 is 0 Å². The topological polar surface area (TPSA) is 79.8 Å². The van der Waals surface area contributed by atoms with Crippen molar-refractivity contribution in [3.05, 3.63) is 71.3 Å². The first-order chi connectivity index (χ1) is 12.4. The van der Waals surface area contributed by atoms with E-state index in [0.29, 0.717) is 6.42 Å². The highest BCUT2D eigenvalue weighted by Crippen LogP contribution is 2.18. The van der Waals surface area contributed by atoms with Crippen LogP contribution in [-0.4, -0.2) is 38.4 Å². The molecule has 1 aliphatic rings. The molecule has 3 N–H and O–H groups in total. The Hall–Kier alpha value is -2.18. The third-order valence-electron chi connectivity index (χ3n) is 4.73. The summed E-state index contributed by atoms with van der Waals surface area (Å²) >= 11 is 0. The maximum Gasteiger partial charge on any atom is 0.275 e. The van der Waals surface area contributed by atoms with Crippen molar-refractivity contribution in [3.63, 3.8) is 0 Å². The third-order valence-corrected chi connectivity index (χ3v) is 6.50. The van der Waals surface area contributed by atoms with Gasteiger partial charge in [-0.25, -0.2) is 8.42 Å². The number of hydrogen-bond donors (Lipinski definition) is 2. The zero-order chi connectivity index (χ0) is 18.6. The molecule has 0 saturated carbocycles. The Morgan fingerprint density at radius 3 is 2.38 bits per heavy atom. The first-order valence-corrected chi connectivity index (χ1v) is 10.7. The number of quaternary nitrogens is 1. The van der Waals surface area contributed by atoms with Gasteiger partial charge in [0.15, 0.2) is 16.4 Å². The monoisotopic (exact) mass is 373 g/mol. The molecule has 1 fully saturated rings. The summed E-state index contributed by atoms with van der Waals surface area (Å²) in [6.45, 7) is 2.30. The number of carbonyl (C=O) groups excluding carboxylic acids is 1. The minimum absolute atomic E-state index is 0.0230. The Morgan fingerprint density at radius 1 is 1.12 bits per heavy atom. The highest BCUT2D eigenvalue weighted by molar-refractivity contribution is 7.91.